The fourth-order valence-corrected chi connectivity index (χ4v) is 14.6. The van der Waals surface area contributed by atoms with E-state index in [1.807, 2.05) is 0 Å². The Morgan fingerprint density at radius 1 is 0.212 bits per heavy atom. The molecule has 1 aromatic carbocycles. The third kappa shape index (κ3) is 20.3. The SMILES string of the molecule is O=[N+]([O-])c1ccc(OC2OCC(OC3OCC(OC4OCC(OC5OCC(OC6OCC(OC7OCC(OC8OCC(OC9OCC(OC%10OCC(OC%11OCC(OC%12OCC(OC%13OCC(O)C(O)C%13O)C(O)C%12O)C(O)C%11O)C(O)C%10O)C(O)C9O)C(O)C8O)C(O)C7O)C(O)C6O)C(O)C5O)C(O)C4O)C(O)C3O)C(O)C2O)cc1. The van der Waals surface area contributed by atoms with E-state index in [9.17, 15) is 138 Å². The number of nitrogens with zero attached hydrogens (tertiary/aromatic N) is 1. The van der Waals surface area contributed by atoms with Crippen molar-refractivity contribution >= 4 is 5.69 Å². The molecular weight excluding hydrogens is 1620 g/mol. The van der Waals surface area contributed by atoms with Crippen LogP contribution in [0.5, 0.6) is 5.75 Å². The molecule has 0 radical (unpaired) electrons. The van der Waals surface area contributed by atoms with E-state index in [1.165, 1.54) is 12.1 Å². The van der Waals surface area contributed by atoms with E-state index < -0.39 is 379 Å². The van der Waals surface area contributed by atoms with E-state index in [0.717, 1.165) is 12.1 Å². The van der Waals surface area contributed by atoms with Crippen LogP contribution in [0.25, 0.3) is 0 Å². The molecule has 25 N–H and O–H groups in total. The first kappa shape index (κ1) is 92.2. The van der Waals surface area contributed by atoms with E-state index in [4.69, 9.17) is 114 Å². The standard InChI is InChI=1S/C66H101NO51/c68-19-5-95-56(43(81)31(19)69)108-21-7-97-58(45(83)33(21)71)110-23-9-99-60(47(85)35(23)73)112-25-11-101-62(49(87)37(25)75)114-27-13-103-64(51(89)39(27)77)116-29-15-105-66(53(91)41(29)79)118-30-16-106-65(54(92)42(30)80)117-28-14-104-63(52(90)40(28)78)115-26-12-102-61(50(88)38(26)76)113-24-10-100-59(48(86)36(24)74)111-22-8-98-57(46(84)34(22)72)109-20-6-96-55(44(82)32(20)70)107-18-3-1-17(2-4-18)67(93)94/h1-4,19-66,68-92H,5-16H2. The van der Waals surface area contributed by atoms with Gasteiger partial charge in [-0.15, -0.1) is 0 Å². The summed E-state index contributed by atoms with van der Waals surface area (Å²) < 4.78 is 134. The minimum absolute atomic E-state index is 0.0719. The molecule has 12 heterocycles. The number of hydrogen-bond donors (Lipinski definition) is 25. The summed E-state index contributed by atoms with van der Waals surface area (Å²) in [7, 11) is 0. The summed E-state index contributed by atoms with van der Waals surface area (Å²) in [6.07, 6.45) is -82.0. The fourth-order valence-electron chi connectivity index (χ4n) is 14.6. The van der Waals surface area contributed by atoms with Gasteiger partial charge in [0.2, 0.25) is 6.29 Å². The van der Waals surface area contributed by atoms with Gasteiger partial charge in [0.05, 0.1) is 84.2 Å². The average molecular weight is 1720 g/mol. The van der Waals surface area contributed by atoms with E-state index in [0.29, 0.717) is 0 Å². The first-order chi connectivity index (χ1) is 56.2. The Balaban J connectivity index is 0.484. The second kappa shape index (κ2) is 40.0. The molecule has 13 rings (SSSR count). The molecule has 0 saturated carbocycles. The van der Waals surface area contributed by atoms with Gasteiger partial charge in [0.1, 0.15) is 225 Å². The number of nitro groups is 1. The number of ether oxygens (including phenoxy) is 24. The average Bonchev–Trinajstić information content (AvgIpc) is 0.792. The van der Waals surface area contributed by atoms with Crippen LogP contribution < -0.4 is 4.74 Å². The van der Waals surface area contributed by atoms with Crippen molar-refractivity contribution in [1.29, 1.82) is 0 Å². The molecule has 0 aromatic heterocycles. The highest BCUT2D eigenvalue weighted by molar-refractivity contribution is 5.36. The molecule has 52 heteroatoms. The van der Waals surface area contributed by atoms with Crippen molar-refractivity contribution < 1.29 is 246 Å². The Morgan fingerprint density at radius 2 is 0.356 bits per heavy atom. The van der Waals surface area contributed by atoms with Crippen molar-refractivity contribution in [2.24, 2.45) is 0 Å². The maximum Gasteiger partial charge on any atom is 0.269 e. The predicted octanol–water partition coefficient (Wildman–Crippen LogP) is -17.5. The van der Waals surface area contributed by atoms with Gasteiger partial charge in [0.15, 0.2) is 69.2 Å². The number of aliphatic hydroxyl groups is 25. The molecule has 0 spiro atoms. The quantitative estimate of drug-likeness (QED) is 0.0319. The van der Waals surface area contributed by atoms with Gasteiger partial charge in [-0.25, -0.2) is 0 Å². The normalized spacial score (nSPS) is 51.4. The number of hydrogen-bond acceptors (Lipinski definition) is 51. The molecule has 118 heavy (non-hydrogen) atoms. The maximum absolute atomic E-state index is 11.1. The molecule has 676 valence electrons. The van der Waals surface area contributed by atoms with Crippen molar-refractivity contribution in [3.8, 4) is 5.75 Å². The van der Waals surface area contributed by atoms with Crippen LogP contribution in [0.4, 0.5) is 5.69 Å². The van der Waals surface area contributed by atoms with Crippen LogP contribution in [-0.2, 0) is 109 Å². The van der Waals surface area contributed by atoms with Gasteiger partial charge in [-0.1, -0.05) is 0 Å². The van der Waals surface area contributed by atoms with Gasteiger partial charge in [-0.3, -0.25) is 10.1 Å². The van der Waals surface area contributed by atoms with Gasteiger partial charge in [-0.05, 0) is 12.1 Å². The summed E-state index contributed by atoms with van der Waals surface area (Å²) in [6, 6.07) is 4.81. The zero-order valence-corrected chi connectivity index (χ0v) is 61.7. The van der Waals surface area contributed by atoms with Crippen molar-refractivity contribution in [2.45, 2.75) is 295 Å². The third-order valence-electron chi connectivity index (χ3n) is 21.9. The smallest absolute Gasteiger partial charge is 0.269 e. The highest BCUT2D eigenvalue weighted by Crippen LogP contribution is 2.37. The fraction of sp³-hybridized carbons (Fsp3) is 0.909. The summed E-state index contributed by atoms with van der Waals surface area (Å²) in [5.41, 5.74) is -0.225. The highest BCUT2D eigenvalue weighted by atomic mass is 16.8. The maximum atomic E-state index is 11.1. The summed E-state index contributed by atoms with van der Waals surface area (Å²) >= 11 is 0. The molecule has 0 bridgehead atoms. The van der Waals surface area contributed by atoms with Crippen molar-refractivity contribution in [1.82, 2.24) is 0 Å². The highest BCUT2D eigenvalue weighted by Gasteiger charge is 2.57. The summed E-state index contributed by atoms with van der Waals surface area (Å²) in [5.74, 6) is 0.0719. The number of benzene rings is 1. The molecule has 12 fully saturated rings. The van der Waals surface area contributed by atoms with Crippen LogP contribution in [-0.4, -0.2) is 507 Å². The van der Waals surface area contributed by atoms with Crippen LogP contribution in [0.3, 0.4) is 0 Å². The molecule has 12 aliphatic rings. The molecule has 0 amide bonds. The monoisotopic (exact) mass is 1720 g/mol. The number of nitro benzene ring substituents is 1. The molecule has 12 aliphatic heterocycles. The Kier molecular flexibility index (Phi) is 31.2. The Morgan fingerprint density at radius 3 is 0.525 bits per heavy atom. The third-order valence-corrected chi connectivity index (χ3v) is 21.9. The van der Waals surface area contributed by atoms with Gasteiger partial charge < -0.3 is 241 Å². The van der Waals surface area contributed by atoms with Crippen LogP contribution in [0, 0.1) is 10.1 Å². The van der Waals surface area contributed by atoms with E-state index in [2.05, 4.69) is 0 Å². The van der Waals surface area contributed by atoms with Crippen molar-refractivity contribution in [3.63, 3.8) is 0 Å². The topological polar surface area (TPSA) is 770 Å². The van der Waals surface area contributed by atoms with Gasteiger partial charge in [0, 0.05) is 12.1 Å². The molecule has 52 nitrogen and oxygen atoms in total. The van der Waals surface area contributed by atoms with E-state index >= 15 is 0 Å². The van der Waals surface area contributed by atoms with Crippen LogP contribution in [0.2, 0.25) is 0 Å². The van der Waals surface area contributed by atoms with Gasteiger partial charge in [-0.2, -0.15) is 0 Å². The van der Waals surface area contributed by atoms with Crippen LogP contribution in [0.15, 0.2) is 24.3 Å². The molecule has 1 aromatic rings. The first-order valence-electron chi connectivity index (χ1n) is 37.7. The molecule has 0 aliphatic carbocycles. The Bertz CT molecular complexity index is 3270. The van der Waals surface area contributed by atoms with Crippen LogP contribution in [0.1, 0.15) is 0 Å². The number of rotatable bonds is 25. The summed E-state index contributed by atoms with van der Waals surface area (Å²) in [5, 5.41) is 283. The largest absolute Gasteiger partial charge is 0.462 e. The van der Waals surface area contributed by atoms with Gasteiger partial charge >= 0.3 is 0 Å². The van der Waals surface area contributed by atoms with Crippen LogP contribution >= 0.6 is 0 Å². The summed E-state index contributed by atoms with van der Waals surface area (Å²) in [6.45, 7) is -6.46. The first-order valence-corrected chi connectivity index (χ1v) is 37.7. The zero-order valence-electron chi connectivity index (χ0n) is 61.7. The van der Waals surface area contributed by atoms with E-state index in [1.54, 1.807) is 0 Å². The molecule has 48 atom stereocenters. The Hall–Kier alpha value is -3.50. The second-order valence-electron chi connectivity index (χ2n) is 30.1. The predicted molar refractivity (Wildman–Crippen MR) is 354 cm³/mol. The molecule has 48 unspecified atom stereocenters. The Labute approximate surface area is 664 Å². The molecule has 12 saturated heterocycles. The minimum atomic E-state index is -1.98. The van der Waals surface area contributed by atoms with Crippen molar-refractivity contribution in [3.05, 3.63) is 34.4 Å². The second-order valence-corrected chi connectivity index (χ2v) is 30.1. The zero-order chi connectivity index (χ0) is 84.7. The van der Waals surface area contributed by atoms with E-state index in [-0.39, 0.29) is 11.4 Å². The molecular formula is C66H101NO51. The number of non-ortho nitro benzene ring substituents is 1. The lowest BCUT2D eigenvalue weighted by atomic mass is 10.0. The lowest BCUT2D eigenvalue weighted by molar-refractivity contribution is -0.384. The lowest BCUT2D eigenvalue weighted by Crippen LogP contribution is -2.64. The van der Waals surface area contributed by atoms with Gasteiger partial charge in [0.25, 0.3) is 5.69 Å². The lowest BCUT2D eigenvalue weighted by Gasteiger charge is -2.46. The number of aliphatic hydroxyl groups excluding tert-OH is 25. The summed E-state index contributed by atoms with van der Waals surface area (Å²) in [4.78, 5) is 10.4. The minimum Gasteiger partial charge on any atom is -0.462 e. The van der Waals surface area contributed by atoms with Crippen molar-refractivity contribution in [2.75, 3.05) is 79.3 Å².